The van der Waals surface area contributed by atoms with Crippen molar-refractivity contribution in [1.29, 1.82) is 0 Å². The van der Waals surface area contributed by atoms with E-state index in [4.69, 9.17) is 14.2 Å². The Labute approximate surface area is 414 Å². The molecule has 0 amide bonds. The third-order valence-electron chi connectivity index (χ3n) is 12.2. The highest BCUT2D eigenvalue weighted by Gasteiger charge is 2.19. The number of esters is 3. The molecule has 0 radical (unpaired) electrons. The first-order valence-electron chi connectivity index (χ1n) is 28.4. The van der Waals surface area contributed by atoms with Crippen molar-refractivity contribution in [2.24, 2.45) is 0 Å². The number of allylic oxidation sites excluding steroid dienone is 12. The second-order valence-electron chi connectivity index (χ2n) is 18.8. The Hall–Kier alpha value is -3.15. The Morgan fingerprint density at radius 2 is 0.612 bits per heavy atom. The van der Waals surface area contributed by atoms with Crippen molar-refractivity contribution in [3.63, 3.8) is 0 Å². The van der Waals surface area contributed by atoms with Gasteiger partial charge in [-0.05, 0) is 96.3 Å². The molecule has 0 N–H and O–H groups in total. The lowest BCUT2D eigenvalue weighted by Gasteiger charge is -2.18. The van der Waals surface area contributed by atoms with E-state index in [1.54, 1.807) is 0 Å². The summed E-state index contributed by atoms with van der Waals surface area (Å²) in [5, 5.41) is 0. The van der Waals surface area contributed by atoms with Gasteiger partial charge in [0.2, 0.25) is 0 Å². The van der Waals surface area contributed by atoms with Crippen molar-refractivity contribution >= 4 is 17.9 Å². The molecule has 0 aromatic carbocycles. The molecule has 0 aliphatic heterocycles. The van der Waals surface area contributed by atoms with E-state index in [0.29, 0.717) is 19.3 Å². The topological polar surface area (TPSA) is 78.9 Å². The summed E-state index contributed by atoms with van der Waals surface area (Å²) in [4.78, 5) is 38.0. The molecule has 386 valence electrons. The van der Waals surface area contributed by atoms with Crippen LogP contribution in [0.15, 0.2) is 72.9 Å². The van der Waals surface area contributed by atoms with Crippen LogP contribution in [0.3, 0.4) is 0 Å². The van der Waals surface area contributed by atoms with Gasteiger partial charge in [0.05, 0.1) is 0 Å². The van der Waals surface area contributed by atoms with Crippen molar-refractivity contribution in [2.75, 3.05) is 13.2 Å². The van der Waals surface area contributed by atoms with Gasteiger partial charge in [-0.1, -0.05) is 235 Å². The monoisotopic (exact) mass is 935 g/mol. The third kappa shape index (κ3) is 53.7. The van der Waals surface area contributed by atoms with Crippen molar-refractivity contribution in [1.82, 2.24) is 0 Å². The van der Waals surface area contributed by atoms with Gasteiger partial charge in [0.15, 0.2) is 6.10 Å². The Kier molecular flexibility index (Phi) is 52.8. The number of hydrogen-bond donors (Lipinski definition) is 0. The van der Waals surface area contributed by atoms with Crippen LogP contribution in [0.5, 0.6) is 0 Å². The Bertz CT molecular complexity index is 1260. The summed E-state index contributed by atoms with van der Waals surface area (Å²) < 4.78 is 16.8. The van der Waals surface area contributed by atoms with Crippen molar-refractivity contribution < 1.29 is 28.6 Å². The van der Waals surface area contributed by atoms with Gasteiger partial charge in [-0.15, -0.1) is 0 Å². The van der Waals surface area contributed by atoms with Crippen molar-refractivity contribution in [2.45, 2.75) is 284 Å². The average molecular weight is 936 g/mol. The van der Waals surface area contributed by atoms with E-state index in [-0.39, 0.29) is 31.6 Å². The minimum absolute atomic E-state index is 0.106. The molecular formula is C61H106O6. The number of carbonyl (C=O) groups excluding carboxylic acids is 3. The molecule has 0 aliphatic carbocycles. The van der Waals surface area contributed by atoms with Crippen molar-refractivity contribution in [3.05, 3.63) is 72.9 Å². The van der Waals surface area contributed by atoms with Gasteiger partial charge in [-0.3, -0.25) is 14.4 Å². The Balaban J connectivity index is 4.33. The molecule has 0 saturated heterocycles. The largest absolute Gasteiger partial charge is 0.462 e. The maximum Gasteiger partial charge on any atom is 0.306 e. The van der Waals surface area contributed by atoms with Crippen LogP contribution in [-0.4, -0.2) is 37.2 Å². The summed E-state index contributed by atoms with van der Waals surface area (Å²) >= 11 is 0. The molecule has 6 heteroatoms. The zero-order valence-corrected chi connectivity index (χ0v) is 44.2. The van der Waals surface area contributed by atoms with E-state index in [9.17, 15) is 14.4 Å². The lowest BCUT2D eigenvalue weighted by Crippen LogP contribution is -2.30. The number of carbonyl (C=O) groups is 3. The molecule has 0 aliphatic rings. The number of unbranched alkanes of at least 4 members (excludes halogenated alkanes) is 28. The van der Waals surface area contributed by atoms with Gasteiger partial charge < -0.3 is 14.2 Å². The first kappa shape index (κ1) is 63.8. The maximum atomic E-state index is 12.8. The molecule has 0 rings (SSSR count). The van der Waals surface area contributed by atoms with Gasteiger partial charge in [0.1, 0.15) is 13.2 Å². The predicted octanol–water partition coefficient (Wildman–Crippen LogP) is 19.0. The zero-order chi connectivity index (χ0) is 48.6. The lowest BCUT2D eigenvalue weighted by atomic mass is 10.0. The zero-order valence-electron chi connectivity index (χ0n) is 44.2. The van der Waals surface area contributed by atoms with Gasteiger partial charge in [0.25, 0.3) is 0 Å². The highest BCUT2D eigenvalue weighted by molar-refractivity contribution is 5.71. The Morgan fingerprint density at radius 3 is 0.985 bits per heavy atom. The van der Waals surface area contributed by atoms with E-state index in [0.717, 1.165) is 77.0 Å². The summed E-state index contributed by atoms with van der Waals surface area (Å²) in [6, 6.07) is 0. The smallest absolute Gasteiger partial charge is 0.306 e. The van der Waals surface area contributed by atoms with Gasteiger partial charge in [-0.25, -0.2) is 0 Å². The molecule has 1 atom stereocenters. The minimum atomic E-state index is -0.816. The number of hydrogen-bond acceptors (Lipinski definition) is 6. The summed E-state index contributed by atoms with van der Waals surface area (Å²) in [5.74, 6) is -0.993. The lowest BCUT2D eigenvalue weighted by molar-refractivity contribution is -0.166. The summed E-state index contributed by atoms with van der Waals surface area (Å²) in [6.45, 7) is 6.45. The van der Waals surface area contributed by atoms with Crippen LogP contribution in [0.2, 0.25) is 0 Å². The molecule has 0 aromatic heterocycles. The molecule has 1 unspecified atom stereocenters. The molecular weight excluding hydrogens is 829 g/mol. The highest BCUT2D eigenvalue weighted by atomic mass is 16.6. The van der Waals surface area contributed by atoms with Crippen LogP contribution in [0.4, 0.5) is 0 Å². The average Bonchev–Trinajstić information content (AvgIpc) is 3.33. The summed E-state index contributed by atoms with van der Waals surface area (Å²) in [7, 11) is 0. The fraction of sp³-hybridized carbons (Fsp3) is 0.754. The third-order valence-corrected chi connectivity index (χ3v) is 12.2. The normalized spacial score (nSPS) is 12.6. The van der Waals surface area contributed by atoms with Crippen LogP contribution >= 0.6 is 0 Å². The minimum Gasteiger partial charge on any atom is -0.462 e. The summed E-state index contributed by atoms with van der Waals surface area (Å²) in [6.07, 6.45) is 70.6. The molecule has 0 heterocycles. The summed E-state index contributed by atoms with van der Waals surface area (Å²) in [5.41, 5.74) is 0. The first-order valence-corrected chi connectivity index (χ1v) is 28.4. The number of rotatable bonds is 51. The maximum absolute atomic E-state index is 12.8. The molecule has 6 nitrogen and oxygen atoms in total. The fourth-order valence-electron chi connectivity index (χ4n) is 7.92. The fourth-order valence-corrected chi connectivity index (χ4v) is 7.92. The van der Waals surface area contributed by atoms with E-state index < -0.39 is 12.1 Å². The second kappa shape index (κ2) is 55.4. The van der Waals surface area contributed by atoms with Gasteiger partial charge in [-0.2, -0.15) is 0 Å². The van der Waals surface area contributed by atoms with Gasteiger partial charge >= 0.3 is 17.9 Å². The van der Waals surface area contributed by atoms with Gasteiger partial charge in [0, 0.05) is 19.3 Å². The molecule has 0 spiro atoms. The van der Waals surface area contributed by atoms with E-state index in [2.05, 4.69) is 81.5 Å². The molecule has 0 saturated carbocycles. The molecule has 0 bridgehead atoms. The predicted molar refractivity (Wildman–Crippen MR) is 288 cm³/mol. The number of ether oxygens (including phenoxy) is 3. The SMILES string of the molecule is CC/C=C\C/C=C\C/C=C\C/C=C\CCC(=O)OC(COC(=O)CCCCCCC/C=C\CCCCCC)COC(=O)CCCCCCCCCCCCC/C=C\CCCCCCCCCC. The standard InChI is InChI=1S/C61H106O6/c1-4-7-10-13-16-19-22-25-26-27-28-29-30-31-32-33-34-37-39-42-45-48-51-54-60(63)66-57-58(67-61(64)55-52-49-46-43-40-36-24-21-18-15-12-9-6-3)56-65-59(62)53-50-47-44-41-38-35-23-20-17-14-11-8-5-2/h9,12,18,20-21,23,27-28,36,40,46,49,58H,4-8,10-11,13-17,19,22,24-26,29-35,37-39,41-45,47-48,50-57H2,1-3H3/b12-9-,21-18-,23-20-,28-27-,40-36-,49-46-. The quantitative estimate of drug-likeness (QED) is 0.0262. The Morgan fingerprint density at radius 1 is 0.313 bits per heavy atom. The first-order chi connectivity index (χ1) is 33.0. The van der Waals surface area contributed by atoms with Crippen LogP contribution in [-0.2, 0) is 28.6 Å². The van der Waals surface area contributed by atoms with Crippen LogP contribution < -0.4 is 0 Å². The van der Waals surface area contributed by atoms with Crippen LogP contribution in [0, 0.1) is 0 Å². The van der Waals surface area contributed by atoms with E-state index >= 15 is 0 Å². The van der Waals surface area contributed by atoms with E-state index in [1.807, 2.05) is 12.2 Å². The molecule has 0 aromatic rings. The van der Waals surface area contributed by atoms with Crippen molar-refractivity contribution in [3.8, 4) is 0 Å². The van der Waals surface area contributed by atoms with Crippen LogP contribution in [0.25, 0.3) is 0 Å². The molecule has 67 heavy (non-hydrogen) atoms. The second-order valence-corrected chi connectivity index (χ2v) is 18.8. The van der Waals surface area contributed by atoms with Crippen LogP contribution in [0.1, 0.15) is 278 Å². The highest BCUT2D eigenvalue weighted by Crippen LogP contribution is 2.15. The molecule has 0 fully saturated rings. The van der Waals surface area contributed by atoms with E-state index in [1.165, 1.54) is 154 Å².